The van der Waals surface area contributed by atoms with Gasteiger partial charge in [-0.05, 0) is 29.7 Å². The van der Waals surface area contributed by atoms with E-state index >= 15 is 0 Å². The van der Waals surface area contributed by atoms with Gasteiger partial charge >= 0.3 is 7.12 Å². The molecular weight excluding hydrogens is 255 g/mol. The van der Waals surface area contributed by atoms with Crippen LogP contribution in [0.5, 0.6) is 5.75 Å². The second kappa shape index (κ2) is 5.83. The van der Waals surface area contributed by atoms with Gasteiger partial charge in [0.1, 0.15) is 11.9 Å². The molecule has 0 saturated carbocycles. The van der Waals surface area contributed by atoms with E-state index in [1.165, 1.54) is 0 Å². The molecule has 1 aliphatic heterocycles. The Hall–Kier alpha value is -1.56. The first-order chi connectivity index (χ1) is 9.75. The predicted molar refractivity (Wildman–Crippen MR) is 78.2 cm³/mol. The van der Waals surface area contributed by atoms with E-state index in [0.717, 1.165) is 30.2 Å². The first kappa shape index (κ1) is 13.4. The molecule has 0 aliphatic carbocycles. The summed E-state index contributed by atoms with van der Waals surface area (Å²) in [5, 5.41) is 21.1. The van der Waals surface area contributed by atoms with Crippen molar-refractivity contribution in [3.63, 3.8) is 0 Å². The Balaban J connectivity index is 1.98. The summed E-state index contributed by atoms with van der Waals surface area (Å²) in [5.74, 6) is 0.522. The number of hydrogen-bond donors (Lipinski definition) is 2. The molecule has 0 amide bonds. The molecule has 2 aromatic rings. The van der Waals surface area contributed by atoms with Crippen LogP contribution in [0, 0.1) is 0 Å². The lowest BCUT2D eigenvalue weighted by atomic mass is 9.76. The average molecular weight is 272 g/mol. The Bertz CT molecular complexity index is 593. The third kappa shape index (κ3) is 2.65. The summed E-state index contributed by atoms with van der Waals surface area (Å²) in [6.45, 7) is 1.32. The van der Waals surface area contributed by atoms with Crippen molar-refractivity contribution < 1.29 is 19.5 Å². The zero-order chi connectivity index (χ0) is 13.9. The fourth-order valence-corrected chi connectivity index (χ4v) is 2.63. The van der Waals surface area contributed by atoms with Crippen LogP contribution in [0.3, 0.4) is 0 Å². The molecule has 1 fully saturated rings. The third-order valence-electron chi connectivity index (χ3n) is 3.60. The molecular formula is C15H17BO4. The molecule has 1 saturated heterocycles. The smallest absolute Gasteiger partial charge is 0.488 e. The third-order valence-corrected chi connectivity index (χ3v) is 3.60. The number of ether oxygens (including phenoxy) is 2. The van der Waals surface area contributed by atoms with E-state index in [4.69, 9.17) is 9.47 Å². The van der Waals surface area contributed by atoms with Crippen LogP contribution >= 0.6 is 0 Å². The molecule has 1 heterocycles. The predicted octanol–water partition coefficient (Wildman–Crippen LogP) is 1.08. The highest BCUT2D eigenvalue weighted by Crippen LogP contribution is 2.21. The summed E-state index contributed by atoms with van der Waals surface area (Å²) < 4.78 is 11.3. The lowest BCUT2D eigenvalue weighted by Gasteiger charge is -2.25. The highest BCUT2D eigenvalue weighted by atomic mass is 16.5. The molecule has 0 spiro atoms. The van der Waals surface area contributed by atoms with Gasteiger partial charge in [0.15, 0.2) is 0 Å². The number of benzene rings is 2. The van der Waals surface area contributed by atoms with Crippen molar-refractivity contribution in [2.24, 2.45) is 0 Å². The molecule has 4 nitrogen and oxygen atoms in total. The Labute approximate surface area is 118 Å². The molecule has 2 N–H and O–H groups in total. The van der Waals surface area contributed by atoms with Crippen LogP contribution < -0.4 is 10.2 Å². The van der Waals surface area contributed by atoms with Gasteiger partial charge in [-0.25, -0.2) is 0 Å². The lowest BCUT2D eigenvalue weighted by Crippen LogP contribution is -2.35. The Morgan fingerprint density at radius 2 is 2.00 bits per heavy atom. The fraction of sp³-hybridized carbons (Fsp3) is 0.333. The molecule has 0 radical (unpaired) electrons. The van der Waals surface area contributed by atoms with E-state index in [1.807, 2.05) is 30.3 Å². The van der Waals surface area contributed by atoms with Gasteiger partial charge in [0.05, 0.1) is 6.61 Å². The van der Waals surface area contributed by atoms with Crippen molar-refractivity contribution in [3.05, 3.63) is 36.4 Å². The minimum absolute atomic E-state index is 0.0255. The van der Waals surface area contributed by atoms with Crippen LogP contribution in [0.4, 0.5) is 0 Å². The van der Waals surface area contributed by atoms with E-state index < -0.39 is 7.12 Å². The van der Waals surface area contributed by atoms with Gasteiger partial charge in [-0.3, -0.25) is 0 Å². The first-order valence-electron chi connectivity index (χ1n) is 6.88. The van der Waals surface area contributed by atoms with Crippen molar-refractivity contribution in [1.29, 1.82) is 0 Å². The van der Waals surface area contributed by atoms with Gasteiger partial charge < -0.3 is 19.5 Å². The zero-order valence-corrected chi connectivity index (χ0v) is 11.2. The van der Waals surface area contributed by atoms with E-state index in [9.17, 15) is 10.0 Å². The van der Waals surface area contributed by atoms with Crippen LogP contribution in [-0.2, 0) is 4.74 Å². The largest absolute Gasteiger partial charge is 0.492 e. The molecule has 0 bridgehead atoms. The maximum absolute atomic E-state index is 9.68. The van der Waals surface area contributed by atoms with Crippen LogP contribution in [0.15, 0.2) is 36.4 Å². The van der Waals surface area contributed by atoms with Crippen molar-refractivity contribution >= 4 is 23.4 Å². The van der Waals surface area contributed by atoms with Crippen molar-refractivity contribution in [3.8, 4) is 5.75 Å². The molecule has 0 aromatic heterocycles. The quantitative estimate of drug-likeness (QED) is 0.821. The zero-order valence-electron chi connectivity index (χ0n) is 11.2. The summed E-state index contributed by atoms with van der Waals surface area (Å²) >= 11 is 0. The summed E-state index contributed by atoms with van der Waals surface area (Å²) in [6, 6.07) is 11.3. The fourth-order valence-electron chi connectivity index (χ4n) is 2.63. The molecule has 104 valence electrons. The van der Waals surface area contributed by atoms with Crippen molar-refractivity contribution in [2.45, 2.75) is 18.9 Å². The molecule has 5 heteroatoms. The molecule has 20 heavy (non-hydrogen) atoms. The highest BCUT2D eigenvalue weighted by Gasteiger charge is 2.23. The second-order valence-corrected chi connectivity index (χ2v) is 5.03. The van der Waals surface area contributed by atoms with Gasteiger partial charge in [-0.2, -0.15) is 0 Å². The Morgan fingerprint density at radius 3 is 2.75 bits per heavy atom. The maximum atomic E-state index is 9.68. The van der Waals surface area contributed by atoms with Crippen molar-refractivity contribution in [1.82, 2.24) is 0 Å². The Morgan fingerprint density at radius 1 is 1.15 bits per heavy atom. The van der Waals surface area contributed by atoms with Gasteiger partial charge in [0.2, 0.25) is 0 Å². The summed E-state index contributed by atoms with van der Waals surface area (Å²) in [4.78, 5) is 0. The van der Waals surface area contributed by atoms with E-state index in [0.29, 0.717) is 17.8 Å². The van der Waals surface area contributed by atoms with Gasteiger partial charge in [-0.1, -0.05) is 30.3 Å². The summed E-state index contributed by atoms with van der Waals surface area (Å²) in [6.07, 6.45) is 1.87. The van der Waals surface area contributed by atoms with Gasteiger partial charge in [0.25, 0.3) is 0 Å². The van der Waals surface area contributed by atoms with Crippen molar-refractivity contribution in [2.75, 3.05) is 13.2 Å². The van der Waals surface area contributed by atoms with E-state index in [1.54, 1.807) is 6.07 Å². The summed E-state index contributed by atoms with van der Waals surface area (Å²) in [7, 11) is -1.55. The normalized spacial score (nSPS) is 19.0. The topological polar surface area (TPSA) is 58.9 Å². The minimum Gasteiger partial charge on any atom is -0.488 e. The molecule has 1 atom stereocenters. The Kier molecular flexibility index (Phi) is 3.92. The van der Waals surface area contributed by atoms with Crippen LogP contribution in [0.1, 0.15) is 12.8 Å². The summed E-state index contributed by atoms with van der Waals surface area (Å²) in [5.41, 5.74) is 0.425. The van der Waals surface area contributed by atoms with Gasteiger partial charge in [-0.15, -0.1) is 0 Å². The number of fused-ring (bicyclic) bond motifs is 1. The van der Waals surface area contributed by atoms with E-state index in [2.05, 4.69) is 0 Å². The molecule has 2 aromatic carbocycles. The maximum Gasteiger partial charge on any atom is 0.492 e. The molecule has 1 unspecified atom stereocenters. The number of hydrogen-bond acceptors (Lipinski definition) is 4. The highest BCUT2D eigenvalue weighted by molar-refractivity contribution is 6.63. The SMILES string of the molecule is OB(O)c1c(OC2CCCOC2)ccc2ccccc12. The van der Waals surface area contributed by atoms with Crippen LogP contribution in [0.25, 0.3) is 10.8 Å². The molecule has 1 aliphatic rings. The molecule has 3 rings (SSSR count). The van der Waals surface area contributed by atoms with Gasteiger partial charge in [0, 0.05) is 12.1 Å². The van der Waals surface area contributed by atoms with E-state index in [-0.39, 0.29) is 6.10 Å². The van der Waals surface area contributed by atoms with Crippen LogP contribution in [-0.4, -0.2) is 36.5 Å². The second-order valence-electron chi connectivity index (χ2n) is 5.03. The number of rotatable bonds is 3. The monoisotopic (exact) mass is 272 g/mol. The average Bonchev–Trinajstić information content (AvgIpc) is 2.47. The first-order valence-corrected chi connectivity index (χ1v) is 6.88. The van der Waals surface area contributed by atoms with Crippen LogP contribution in [0.2, 0.25) is 0 Å². The standard InChI is InChI=1S/C15H17BO4/c17-16(18)15-13-6-2-1-4-11(13)7-8-14(15)20-12-5-3-9-19-10-12/h1-2,4,6-8,12,17-18H,3,5,9-10H2. The minimum atomic E-state index is -1.55. The lowest BCUT2D eigenvalue weighted by molar-refractivity contribution is 0.00783.